The van der Waals surface area contributed by atoms with E-state index < -0.39 is 10.0 Å². The number of aryl methyl sites for hydroxylation is 1. The average Bonchev–Trinajstić information content (AvgIpc) is 2.89. The van der Waals surface area contributed by atoms with Gasteiger partial charge in [0.15, 0.2) is 0 Å². The molecule has 1 N–H and O–H groups in total. The van der Waals surface area contributed by atoms with Crippen molar-refractivity contribution in [1.82, 2.24) is 14.5 Å². The van der Waals surface area contributed by atoms with Gasteiger partial charge in [-0.15, -0.1) is 0 Å². The largest absolute Gasteiger partial charge is 0.352 e. The van der Waals surface area contributed by atoms with E-state index in [1.807, 2.05) is 36.4 Å². The van der Waals surface area contributed by atoms with Crippen LogP contribution in [0.1, 0.15) is 55.2 Å². The van der Waals surface area contributed by atoms with Gasteiger partial charge in [-0.2, -0.15) is 0 Å². The van der Waals surface area contributed by atoms with Gasteiger partial charge in [-0.25, -0.2) is 12.7 Å². The molecule has 0 radical (unpaired) electrons. The minimum absolute atomic E-state index is 0.0399. The van der Waals surface area contributed by atoms with Crippen molar-refractivity contribution in [2.75, 3.05) is 31.9 Å². The lowest BCUT2D eigenvalue weighted by Crippen LogP contribution is -2.46. The van der Waals surface area contributed by atoms with Gasteiger partial charge in [0.05, 0.1) is 11.7 Å². The standard InChI is InChI=1S/C28H39N3O3S/c32-28(29-21-25-14-5-6-15-26(25)22-30-17-7-2-8-18-30)27-16-9-19-31(23-27)35(33,34)20-10-13-24-11-3-1-4-12-24/h1,3-6,11-12,14-15,27H,2,7-10,13,16-23H2,(H,29,32). The van der Waals surface area contributed by atoms with E-state index in [2.05, 4.69) is 28.4 Å². The molecular weight excluding hydrogens is 458 g/mol. The van der Waals surface area contributed by atoms with Crippen molar-refractivity contribution in [3.8, 4) is 0 Å². The van der Waals surface area contributed by atoms with Gasteiger partial charge in [-0.1, -0.05) is 61.0 Å². The van der Waals surface area contributed by atoms with Crippen LogP contribution >= 0.6 is 0 Å². The first kappa shape index (κ1) is 25.9. The first-order valence-electron chi connectivity index (χ1n) is 13.1. The summed E-state index contributed by atoms with van der Waals surface area (Å²) in [5.74, 6) is -0.205. The number of piperidine rings is 2. The minimum atomic E-state index is -3.36. The number of likely N-dealkylation sites (tertiary alicyclic amines) is 1. The lowest BCUT2D eigenvalue weighted by molar-refractivity contribution is -0.126. The van der Waals surface area contributed by atoms with Gasteiger partial charge in [0.25, 0.3) is 0 Å². The maximum absolute atomic E-state index is 13.0. The number of hydrogen-bond donors (Lipinski definition) is 1. The second kappa shape index (κ2) is 12.7. The van der Waals surface area contributed by atoms with E-state index in [-0.39, 0.29) is 24.1 Å². The Morgan fingerprint density at radius 2 is 1.60 bits per heavy atom. The quantitative estimate of drug-likeness (QED) is 0.539. The highest BCUT2D eigenvalue weighted by molar-refractivity contribution is 7.89. The molecule has 7 heteroatoms. The van der Waals surface area contributed by atoms with Crippen molar-refractivity contribution in [3.05, 3.63) is 71.3 Å². The fraction of sp³-hybridized carbons (Fsp3) is 0.536. The highest BCUT2D eigenvalue weighted by Crippen LogP contribution is 2.21. The fourth-order valence-electron chi connectivity index (χ4n) is 5.21. The highest BCUT2D eigenvalue weighted by Gasteiger charge is 2.32. The van der Waals surface area contributed by atoms with E-state index in [1.54, 1.807) is 0 Å². The minimum Gasteiger partial charge on any atom is -0.352 e. The Kier molecular flexibility index (Phi) is 9.35. The zero-order chi connectivity index (χ0) is 24.5. The Balaban J connectivity index is 1.27. The summed E-state index contributed by atoms with van der Waals surface area (Å²) in [7, 11) is -3.36. The number of amides is 1. The number of rotatable bonds is 10. The molecule has 1 atom stereocenters. The molecular formula is C28H39N3O3S. The molecule has 0 aliphatic carbocycles. The van der Waals surface area contributed by atoms with Crippen LogP contribution in [0.4, 0.5) is 0 Å². The first-order valence-corrected chi connectivity index (χ1v) is 14.7. The maximum Gasteiger partial charge on any atom is 0.224 e. The van der Waals surface area contributed by atoms with E-state index in [4.69, 9.17) is 0 Å². The molecule has 0 spiro atoms. The van der Waals surface area contributed by atoms with Crippen molar-refractivity contribution in [3.63, 3.8) is 0 Å². The van der Waals surface area contributed by atoms with E-state index in [0.29, 0.717) is 19.5 Å². The molecule has 2 aliphatic rings. The zero-order valence-electron chi connectivity index (χ0n) is 20.7. The number of nitrogens with one attached hydrogen (secondary N) is 1. The third-order valence-corrected chi connectivity index (χ3v) is 9.20. The molecule has 4 rings (SSSR count). The van der Waals surface area contributed by atoms with Crippen molar-refractivity contribution < 1.29 is 13.2 Å². The van der Waals surface area contributed by atoms with Crippen LogP contribution in [0, 0.1) is 5.92 Å². The molecule has 1 unspecified atom stereocenters. The van der Waals surface area contributed by atoms with Gasteiger partial charge in [0.1, 0.15) is 0 Å². The van der Waals surface area contributed by atoms with Crippen LogP contribution in [0.3, 0.4) is 0 Å². The number of sulfonamides is 1. The van der Waals surface area contributed by atoms with Crippen LogP contribution in [-0.4, -0.2) is 55.5 Å². The van der Waals surface area contributed by atoms with Gasteiger partial charge in [-0.3, -0.25) is 9.69 Å². The molecule has 2 aliphatic heterocycles. The molecule has 1 amide bonds. The first-order chi connectivity index (χ1) is 17.0. The number of carbonyl (C=O) groups excluding carboxylic acids is 1. The van der Waals surface area contributed by atoms with E-state index in [9.17, 15) is 13.2 Å². The fourth-order valence-corrected chi connectivity index (χ4v) is 6.79. The highest BCUT2D eigenvalue weighted by atomic mass is 32.2. The predicted octanol–water partition coefficient (Wildman–Crippen LogP) is 3.96. The summed E-state index contributed by atoms with van der Waals surface area (Å²) in [5.41, 5.74) is 3.56. The zero-order valence-corrected chi connectivity index (χ0v) is 21.5. The van der Waals surface area contributed by atoms with E-state index in [1.165, 1.54) is 29.1 Å². The Morgan fingerprint density at radius 1 is 0.886 bits per heavy atom. The second-order valence-electron chi connectivity index (χ2n) is 9.93. The van der Waals surface area contributed by atoms with Crippen LogP contribution in [0.2, 0.25) is 0 Å². The number of hydrogen-bond acceptors (Lipinski definition) is 4. The molecule has 2 aromatic rings. The Bertz CT molecular complexity index is 1050. The smallest absolute Gasteiger partial charge is 0.224 e. The van der Waals surface area contributed by atoms with Crippen molar-refractivity contribution >= 4 is 15.9 Å². The summed E-state index contributed by atoms with van der Waals surface area (Å²) in [5, 5.41) is 3.10. The molecule has 6 nitrogen and oxygen atoms in total. The maximum atomic E-state index is 13.0. The predicted molar refractivity (Wildman–Crippen MR) is 140 cm³/mol. The lowest BCUT2D eigenvalue weighted by Gasteiger charge is -2.31. The molecule has 0 saturated carbocycles. The van der Waals surface area contributed by atoms with Crippen molar-refractivity contribution in [2.24, 2.45) is 5.92 Å². The number of nitrogens with zero attached hydrogens (tertiary/aromatic N) is 2. The van der Waals surface area contributed by atoms with Crippen molar-refractivity contribution in [1.29, 1.82) is 0 Å². The summed E-state index contributed by atoms with van der Waals surface area (Å²) >= 11 is 0. The third kappa shape index (κ3) is 7.63. The van der Waals surface area contributed by atoms with Crippen LogP contribution in [0.5, 0.6) is 0 Å². The Labute approximate surface area is 210 Å². The summed E-state index contributed by atoms with van der Waals surface area (Å²) in [6, 6.07) is 18.3. The van der Waals surface area contributed by atoms with Gasteiger partial charge in [0.2, 0.25) is 15.9 Å². The summed E-state index contributed by atoms with van der Waals surface area (Å²) in [4.78, 5) is 15.5. The van der Waals surface area contributed by atoms with Gasteiger partial charge >= 0.3 is 0 Å². The van der Waals surface area contributed by atoms with Gasteiger partial charge in [0, 0.05) is 26.2 Å². The van der Waals surface area contributed by atoms with Crippen LogP contribution < -0.4 is 5.32 Å². The topological polar surface area (TPSA) is 69.7 Å². The molecule has 35 heavy (non-hydrogen) atoms. The van der Waals surface area contributed by atoms with Gasteiger partial charge < -0.3 is 5.32 Å². The van der Waals surface area contributed by atoms with Crippen molar-refractivity contribution in [2.45, 2.75) is 58.0 Å². The number of benzene rings is 2. The second-order valence-corrected chi connectivity index (χ2v) is 12.0. The SMILES string of the molecule is O=C(NCc1ccccc1CN1CCCCC1)C1CCCN(S(=O)(=O)CCCc2ccccc2)C1. The molecule has 2 fully saturated rings. The average molecular weight is 498 g/mol. The third-order valence-electron chi connectivity index (χ3n) is 7.27. The van der Waals surface area contributed by atoms with Crippen LogP contribution in [0.15, 0.2) is 54.6 Å². The Morgan fingerprint density at radius 3 is 2.37 bits per heavy atom. The van der Waals surface area contributed by atoms with Crippen LogP contribution in [0.25, 0.3) is 0 Å². The van der Waals surface area contributed by atoms with E-state index in [0.717, 1.165) is 50.0 Å². The monoisotopic (exact) mass is 497 g/mol. The number of carbonyl (C=O) groups is 1. The van der Waals surface area contributed by atoms with Gasteiger partial charge in [-0.05, 0) is 68.3 Å². The molecule has 2 heterocycles. The Hall–Kier alpha value is -2.22. The molecule has 2 saturated heterocycles. The molecule has 2 aromatic carbocycles. The lowest BCUT2D eigenvalue weighted by atomic mass is 9.98. The molecule has 190 valence electrons. The van der Waals surface area contributed by atoms with Crippen LogP contribution in [-0.2, 0) is 34.3 Å². The summed E-state index contributed by atoms with van der Waals surface area (Å²) < 4.78 is 27.4. The summed E-state index contributed by atoms with van der Waals surface area (Å²) in [6.07, 6.45) is 6.62. The van der Waals surface area contributed by atoms with E-state index >= 15 is 0 Å². The summed E-state index contributed by atoms with van der Waals surface area (Å²) in [6.45, 7) is 4.48. The molecule has 0 bridgehead atoms. The molecule has 0 aromatic heterocycles. The normalized spacial score (nSPS) is 19.9.